The van der Waals surface area contributed by atoms with E-state index >= 15 is 0 Å². The lowest BCUT2D eigenvalue weighted by atomic mass is 10.0. The van der Waals surface area contributed by atoms with Gasteiger partial charge in [-0.15, -0.1) is 4.80 Å². The molecule has 150 valence electrons. The Morgan fingerprint density at radius 2 is 1.80 bits per heavy atom. The highest BCUT2D eigenvalue weighted by molar-refractivity contribution is 6.37. The molecule has 0 spiro atoms. The van der Waals surface area contributed by atoms with Crippen molar-refractivity contribution in [3.05, 3.63) is 82.5 Å². The van der Waals surface area contributed by atoms with Crippen LogP contribution in [0.5, 0.6) is 0 Å². The van der Waals surface area contributed by atoms with Crippen LogP contribution in [-0.4, -0.2) is 25.9 Å². The molecule has 0 bridgehead atoms. The van der Waals surface area contributed by atoms with E-state index in [0.717, 1.165) is 0 Å². The first-order valence-corrected chi connectivity index (χ1v) is 9.37. The molecule has 0 aliphatic rings. The summed E-state index contributed by atoms with van der Waals surface area (Å²) in [5.74, 6) is -1.31. The van der Waals surface area contributed by atoms with E-state index in [4.69, 9.17) is 28.9 Å². The van der Waals surface area contributed by atoms with Crippen LogP contribution in [0.4, 0.5) is 15.8 Å². The largest absolute Gasteiger partial charge is 0.397 e. The van der Waals surface area contributed by atoms with Crippen LogP contribution in [0.25, 0.3) is 16.9 Å². The zero-order valence-corrected chi connectivity index (χ0v) is 16.7. The van der Waals surface area contributed by atoms with E-state index in [0.29, 0.717) is 11.1 Å². The predicted octanol–water partition coefficient (Wildman–Crippen LogP) is 4.61. The highest BCUT2D eigenvalue weighted by Gasteiger charge is 2.22. The number of rotatable bonds is 4. The Hall–Kier alpha value is -3.49. The zero-order chi connectivity index (χ0) is 21.3. The summed E-state index contributed by atoms with van der Waals surface area (Å²) >= 11 is 12.5. The van der Waals surface area contributed by atoms with E-state index in [1.807, 2.05) is 6.07 Å². The molecule has 0 unspecified atom stereocenters. The van der Waals surface area contributed by atoms with Crippen molar-refractivity contribution in [3.63, 3.8) is 0 Å². The molecule has 10 heteroatoms. The molecule has 2 aromatic carbocycles. The van der Waals surface area contributed by atoms with Crippen LogP contribution in [-0.2, 0) is 0 Å². The smallest absolute Gasteiger partial charge is 0.260 e. The van der Waals surface area contributed by atoms with Crippen LogP contribution in [0, 0.1) is 5.82 Å². The van der Waals surface area contributed by atoms with Gasteiger partial charge in [-0.25, -0.2) is 9.37 Å². The molecule has 4 aromatic rings. The highest BCUT2D eigenvalue weighted by Crippen LogP contribution is 2.36. The summed E-state index contributed by atoms with van der Waals surface area (Å²) in [5, 5.41) is 10.7. The lowest BCUT2D eigenvalue weighted by Crippen LogP contribution is -2.17. The minimum absolute atomic E-state index is 0.0870. The summed E-state index contributed by atoms with van der Waals surface area (Å²) in [6.07, 6.45) is 4.29. The zero-order valence-electron chi connectivity index (χ0n) is 15.2. The number of amides is 1. The van der Waals surface area contributed by atoms with Crippen molar-refractivity contribution in [2.24, 2.45) is 0 Å². The Kier molecular flexibility index (Phi) is 5.35. The Labute approximate surface area is 180 Å². The summed E-state index contributed by atoms with van der Waals surface area (Å²) in [6.45, 7) is 0. The molecule has 0 aliphatic carbocycles. The molecule has 0 saturated heterocycles. The minimum Gasteiger partial charge on any atom is -0.397 e. The van der Waals surface area contributed by atoms with Gasteiger partial charge in [0.15, 0.2) is 5.82 Å². The number of aromatic nitrogens is 4. The molecule has 0 saturated carbocycles. The normalized spacial score (nSPS) is 10.8. The standard InChI is InChI=1S/C20H13Cl2FN6O/c21-14-8-12(10-25-19(14)29-26-6-7-27-29)28-20(30)16-15(23)9-13(17(22)18(16)24)11-4-2-1-3-5-11/h1-10H,24H2,(H,28,30). The summed E-state index contributed by atoms with van der Waals surface area (Å²) in [7, 11) is 0. The highest BCUT2D eigenvalue weighted by atomic mass is 35.5. The Morgan fingerprint density at radius 3 is 2.47 bits per heavy atom. The van der Waals surface area contributed by atoms with Gasteiger partial charge in [0.1, 0.15) is 5.82 Å². The number of pyridine rings is 1. The van der Waals surface area contributed by atoms with E-state index in [1.165, 1.54) is 35.5 Å². The number of hydrogen-bond donors (Lipinski definition) is 2. The number of halogens is 3. The van der Waals surface area contributed by atoms with Crippen LogP contribution >= 0.6 is 23.2 Å². The maximum Gasteiger partial charge on any atom is 0.260 e. The quantitative estimate of drug-likeness (QED) is 0.449. The molecular weight excluding hydrogens is 430 g/mol. The Bertz CT molecular complexity index is 1230. The van der Waals surface area contributed by atoms with E-state index in [-0.39, 0.29) is 32.8 Å². The number of nitrogen functional groups attached to an aromatic ring is 1. The van der Waals surface area contributed by atoms with Crippen molar-refractivity contribution in [1.29, 1.82) is 0 Å². The topological polar surface area (TPSA) is 98.7 Å². The van der Waals surface area contributed by atoms with Gasteiger partial charge in [-0.3, -0.25) is 4.79 Å². The average molecular weight is 443 g/mol. The molecule has 7 nitrogen and oxygen atoms in total. The molecule has 2 heterocycles. The van der Waals surface area contributed by atoms with Crippen molar-refractivity contribution in [3.8, 4) is 16.9 Å². The fourth-order valence-electron chi connectivity index (χ4n) is 2.87. The second kappa shape index (κ2) is 8.10. The summed E-state index contributed by atoms with van der Waals surface area (Å²) in [4.78, 5) is 18.0. The maximum atomic E-state index is 14.8. The first-order valence-electron chi connectivity index (χ1n) is 8.62. The first kappa shape index (κ1) is 19.8. The molecule has 0 aliphatic heterocycles. The molecule has 30 heavy (non-hydrogen) atoms. The van der Waals surface area contributed by atoms with E-state index in [1.54, 1.807) is 24.3 Å². The third-order valence-electron chi connectivity index (χ3n) is 4.25. The number of nitrogens with one attached hydrogen (secondary N) is 1. The maximum absolute atomic E-state index is 14.8. The molecule has 2 aromatic heterocycles. The van der Waals surface area contributed by atoms with Gasteiger partial charge >= 0.3 is 0 Å². The molecular formula is C20H13Cl2FN6O. The van der Waals surface area contributed by atoms with Crippen molar-refractivity contribution < 1.29 is 9.18 Å². The second-order valence-electron chi connectivity index (χ2n) is 6.18. The van der Waals surface area contributed by atoms with Crippen molar-refractivity contribution in [1.82, 2.24) is 20.0 Å². The van der Waals surface area contributed by atoms with Crippen LogP contribution < -0.4 is 11.1 Å². The summed E-state index contributed by atoms with van der Waals surface area (Å²) < 4.78 is 14.8. The lowest BCUT2D eigenvalue weighted by molar-refractivity contribution is 0.102. The molecule has 0 radical (unpaired) electrons. The van der Waals surface area contributed by atoms with Crippen LogP contribution in [0.3, 0.4) is 0 Å². The minimum atomic E-state index is -0.801. The first-order chi connectivity index (χ1) is 14.5. The molecule has 3 N–H and O–H groups in total. The number of hydrogen-bond acceptors (Lipinski definition) is 5. The second-order valence-corrected chi connectivity index (χ2v) is 6.96. The number of nitrogens with two attached hydrogens (primary N) is 1. The molecule has 1 amide bonds. The fraction of sp³-hybridized carbons (Fsp3) is 0. The van der Waals surface area contributed by atoms with Crippen molar-refractivity contribution in [2.45, 2.75) is 0 Å². The van der Waals surface area contributed by atoms with Crippen molar-refractivity contribution in [2.75, 3.05) is 11.1 Å². The van der Waals surface area contributed by atoms with Gasteiger partial charge in [-0.1, -0.05) is 53.5 Å². The Balaban J connectivity index is 1.64. The van der Waals surface area contributed by atoms with Gasteiger partial charge in [0.25, 0.3) is 5.91 Å². The van der Waals surface area contributed by atoms with Gasteiger partial charge in [0, 0.05) is 5.56 Å². The van der Waals surface area contributed by atoms with E-state index in [9.17, 15) is 9.18 Å². The fourth-order valence-corrected chi connectivity index (χ4v) is 3.37. The van der Waals surface area contributed by atoms with Crippen LogP contribution in [0.15, 0.2) is 61.1 Å². The van der Waals surface area contributed by atoms with Crippen LogP contribution in [0.2, 0.25) is 10.0 Å². The summed E-state index contributed by atoms with van der Waals surface area (Å²) in [5.41, 5.74) is 6.78. The molecule has 4 rings (SSSR count). The molecule has 0 fully saturated rings. The monoisotopic (exact) mass is 442 g/mol. The Morgan fingerprint density at radius 1 is 1.10 bits per heavy atom. The number of benzene rings is 2. The van der Waals surface area contributed by atoms with Gasteiger partial charge in [-0.2, -0.15) is 10.2 Å². The van der Waals surface area contributed by atoms with E-state index in [2.05, 4.69) is 20.5 Å². The van der Waals surface area contributed by atoms with Gasteiger partial charge in [0.05, 0.1) is 45.6 Å². The average Bonchev–Trinajstić information content (AvgIpc) is 3.26. The SMILES string of the molecule is Nc1c(Cl)c(-c2ccccc2)cc(F)c1C(=O)Nc1cnc(-n2nccn2)c(Cl)c1. The number of carbonyl (C=O) groups is 1. The van der Waals surface area contributed by atoms with Crippen molar-refractivity contribution >= 4 is 40.5 Å². The number of nitrogens with zero attached hydrogens (tertiary/aromatic N) is 4. The predicted molar refractivity (Wildman–Crippen MR) is 113 cm³/mol. The lowest BCUT2D eigenvalue weighted by Gasteiger charge is -2.14. The van der Waals surface area contributed by atoms with Gasteiger partial charge in [-0.05, 0) is 17.7 Å². The van der Waals surface area contributed by atoms with Crippen LogP contribution in [0.1, 0.15) is 10.4 Å². The number of anilines is 2. The van der Waals surface area contributed by atoms with Gasteiger partial charge < -0.3 is 11.1 Å². The number of carbonyl (C=O) groups excluding carboxylic acids is 1. The summed E-state index contributed by atoms with van der Waals surface area (Å²) in [6, 6.07) is 11.6. The third-order valence-corrected chi connectivity index (χ3v) is 4.94. The molecule has 0 atom stereocenters. The third kappa shape index (κ3) is 3.70. The van der Waals surface area contributed by atoms with E-state index < -0.39 is 11.7 Å². The van der Waals surface area contributed by atoms with Gasteiger partial charge in [0.2, 0.25) is 0 Å².